The van der Waals surface area contributed by atoms with Crippen LogP contribution in [-0.4, -0.2) is 7.05 Å². The summed E-state index contributed by atoms with van der Waals surface area (Å²) >= 11 is 0. The maximum Gasteiger partial charge on any atom is 0.134 e. The molecule has 0 spiro atoms. The lowest BCUT2D eigenvalue weighted by Crippen LogP contribution is -2.08. The summed E-state index contributed by atoms with van der Waals surface area (Å²) in [5.74, 6) is 0.994. The van der Waals surface area contributed by atoms with E-state index in [0.29, 0.717) is 23.6 Å². The summed E-state index contributed by atoms with van der Waals surface area (Å²) in [4.78, 5) is 0. The van der Waals surface area contributed by atoms with Crippen LogP contribution < -0.4 is 10.1 Å². The lowest BCUT2D eigenvalue weighted by Gasteiger charge is -2.11. The molecule has 0 radical (unpaired) electrons. The molecule has 0 heterocycles. The number of benzene rings is 2. The summed E-state index contributed by atoms with van der Waals surface area (Å²) in [6.07, 6.45) is 0. The fraction of sp³-hybridized carbons (Fsp3) is 0.143. The molecule has 1 N–H and O–H groups in total. The Morgan fingerprint density at radius 3 is 2.44 bits per heavy atom. The number of nitrogens with one attached hydrogen (secondary N) is 1. The van der Waals surface area contributed by atoms with Gasteiger partial charge in [-0.2, -0.15) is 0 Å². The van der Waals surface area contributed by atoms with Crippen LogP contribution in [0, 0.1) is 5.82 Å². The normalized spacial score (nSPS) is 9.67. The largest absolute Gasteiger partial charge is 0.457 e. The minimum Gasteiger partial charge on any atom is -0.457 e. The van der Waals surface area contributed by atoms with Crippen molar-refractivity contribution in [1.29, 1.82) is 0 Å². The van der Waals surface area contributed by atoms with Gasteiger partial charge in [-0.1, -0.05) is 24.3 Å². The number of para-hydroxylation sites is 1. The monoisotopic (exact) mass is 267 g/mol. The zero-order chi connectivity index (χ0) is 12.1. The molecule has 0 amide bonds. The van der Waals surface area contributed by atoms with Gasteiger partial charge in [0.25, 0.3) is 0 Å². The van der Waals surface area contributed by atoms with Crippen LogP contribution in [0.15, 0.2) is 48.5 Å². The first-order valence-electron chi connectivity index (χ1n) is 5.46. The summed E-state index contributed by atoms with van der Waals surface area (Å²) in [6, 6.07) is 14.2. The van der Waals surface area contributed by atoms with E-state index in [1.807, 2.05) is 30.3 Å². The van der Waals surface area contributed by atoms with Crippen molar-refractivity contribution in [2.45, 2.75) is 6.54 Å². The third kappa shape index (κ3) is 3.45. The molecule has 0 saturated heterocycles. The molecule has 0 aliphatic heterocycles. The van der Waals surface area contributed by atoms with Crippen molar-refractivity contribution in [1.82, 2.24) is 5.32 Å². The highest BCUT2D eigenvalue weighted by Gasteiger charge is 2.09. The molecule has 2 rings (SSSR count). The van der Waals surface area contributed by atoms with Crippen molar-refractivity contribution < 1.29 is 9.13 Å². The molecule has 0 aliphatic carbocycles. The van der Waals surface area contributed by atoms with E-state index in [-0.39, 0.29) is 18.2 Å². The Kier molecular flexibility index (Phi) is 5.62. The Morgan fingerprint density at radius 1 is 1.06 bits per heavy atom. The molecule has 0 bridgehead atoms. The molecule has 0 unspecified atom stereocenters. The zero-order valence-corrected chi connectivity index (χ0v) is 10.8. The average Bonchev–Trinajstić information content (AvgIpc) is 2.35. The van der Waals surface area contributed by atoms with Crippen LogP contribution >= 0.6 is 12.4 Å². The molecule has 0 saturated carbocycles. The Morgan fingerprint density at radius 2 is 1.78 bits per heavy atom. The van der Waals surface area contributed by atoms with E-state index >= 15 is 0 Å². The van der Waals surface area contributed by atoms with Crippen LogP contribution in [0.1, 0.15) is 5.56 Å². The molecule has 18 heavy (non-hydrogen) atoms. The predicted molar refractivity (Wildman–Crippen MR) is 72.9 cm³/mol. The Bertz CT molecular complexity index is 490. The maximum atomic E-state index is 13.6. The van der Waals surface area contributed by atoms with Crippen LogP contribution in [0.4, 0.5) is 4.39 Å². The van der Waals surface area contributed by atoms with Crippen molar-refractivity contribution in [2.75, 3.05) is 7.05 Å². The Hall–Kier alpha value is -1.58. The quantitative estimate of drug-likeness (QED) is 0.911. The number of rotatable bonds is 4. The molecule has 0 aromatic heterocycles. The summed E-state index contributed by atoms with van der Waals surface area (Å²) in [6.45, 7) is 0.439. The van der Waals surface area contributed by atoms with E-state index < -0.39 is 0 Å². The smallest absolute Gasteiger partial charge is 0.134 e. The second-order valence-electron chi connectivity index (χ2n) is 3.66. The van der Waals surface area contributed by atoms with Gasteiger partial charge in [-0.15, -0.1) is 12.4 Å². The molecule has 0 fully saturated rings. The lowest BCUT2D eigenvalue weighted by atomic mass is 10.2. The predicted octanol–water partition coefficient (Wildman–Crippen LogP) is 3.76. The van der Waals surface area contributed by atoms with Gasteiger partial charge < -0.3 is 10.1 Å². The average molecular weight is 268 g/mol. The summed E-state index contributed by atoms with van der Waals surface area (Å²) < 4.78 is 19.3. The first-order valence-corrected chi connectivity index (χ1v) is 5.46. The van der Waals surface area contributed by atoms with Crippen LogP contribution in [0.2, 0.25) is 0 Å². The molecular formula is C14H15ClFNO. The van der Waals surface area contributed by atoms with Crippen LogP contribution in [0.5, 0.6) is 11.5 Å². The molecule has 2 aromatic rings. The highest BCUT2D eigenvalue weighted by atomic mass is 35.5. The molecule has 2 aromatic carbocycles. The Balaban J connectivity index is 0.00000162. The summed E-state index contributed by atoms with van der Waals surface area (Å²) in [7, 11) is 1.78. The van der Waals surface area contributed by atoms with Crippen LogP contribution in [0.3, 0.4) is 0 Å². The number of ether oxygens (including phenoxy) is 1. The highest BCUT2D eigenvalue weighted by Crippen LogP contribution is 2.26. The van der Waals surface area contributed by atoms with Gasteiger partial charge in [0.05, 0.1) is 0 Å². The van der Waals surface area contributed by atoms with E-state index in [0.717, 1.165) is 0 Å². The second kappa shape index (κ2) is 6.99. The molecule has 96 valence electrons. The van der Waals surface area contributed by atoms with E-state index in [2.05, 4.69) is 5.32 Å². The van der Waals surface area contributed by atoms with E-state index in [4.69, 9.17) is 4.74 Å². The standard InChI is InChI=1S/C14H14FNO.ClH/c1-16-10-12-13(15)8-5-9-14(12)17-11-6-3-2-4-7-11;/h2-9,16H,10H2,1H3;1H. The number of hydrogen-bond acceptors (Lipinski definition) is 2. The van der Waals surface area contributed by atoms with Gasteiger partial charge in [0.2, 0.25) is 0 Å². The van der Waals surface area contributed by atoms with E-state index in [9.17, 15) is 4.39 Å². The lowest BCUT2D eigenvalue weighted by molar-refractivity contribution is 0.464. The van der Waals surface area contributed by atoms with Crippen molar-refractivity contribution in [3.05, 3.63) is 59.9 Å². The van der Waals surface area contributed by atoms with Gasteiger partial charge in [0.15, 0.2) is 0 Å². The molecule has 0 aliphatic rings. The first-order chi connectivity index (χ1) is 8.31. The Labute approximate surface area is 112 Å². The summed E-state index contributed by atoms with van der Waals surface area (Å²) in [5.41, 5.74) is 0.541. The third-order valence-corrected chi connectivity index (χ3v) is 2.40. The maximum absolute atomic E-state index is 13.6. The SMILES string of the molecule is CNCc1c(F)cccc1Oc1ccccc1.Cl. The molecule has 2 nitrogen and oxygen atoms in total. The third-order valence-electron chi connectivity index (χ3n) is 2.40. The summed E-state index contributed by atoms with van der Waals surface area (Å²) in [5, 5.41) is 2.93. The minimum absolute atomic E-state index is 0. The number of halogens is 2. The van der Waals surface area contributed by atoms with E-state index in [1.165, 1.54) is 6.07 Å². The fourth-order valence-corrected chi connectivity index (χ4v) is 1.60. The van der Waals surface area contributed by atoms with Gasteiger partial charge in [-0.3, -0.25) is 0 Å². The first kappa shape index (κ1) is 14.5. The second-order valence-corrected chi connectivity index (χ2v) is 3.66. The van der Waals surface area contributed by atoms with Gasteiger partial charge in [0.1, 0.15) is 17.3 Å². The van der Waals surface area contributed by atoms with Crippen LogP contribution in [0.25, 0.3) is 0 Å². The topological polar surface area (TPSA) is 21.3 Å². The van der Waals surface area contributed by atoms with E-state index in [1.54, 1.807) is 19.2 Å². The zero-order valence-electron chi connectivity index (χ0n) is 10.0. The molecule has 4 heteroatoms. The van der Waals surface area contributed by atoms with Crippen LogP contribution in [-0.2, 0) is 6.54 Å². The van der Waals surface area contributed by atoms with Gasteiger partial charge in [0, 0.05) is 12.1 Å². The van der Waals surface area contributed by atoms with Gasteiger partial charge in [-0.05, 0) is 31.3 Å². The highest BCUT2D eigenvalue weighted by molar-refractivity contribution is 5.85. The fourth-order valence-electron chi connectivity index (χ4n) is 1.60. The minimum atomic E-state index is -0.257. The van der Waals surface area contributed by atoms with Crippen molar-refractivity contribution >= 4 is 12.4 Å². The van der Waals surface area contributed by atoms with Crippen molar-refractivity contribution in [3.8, 4) is 11.5 Å². The van der Waals surface area contributed by atoms with Gasteiger partial charge >= 0.3 is 0 Å². The van der Waals surface area contributed by atoms with Gasteiger partial charge in [-0.25, -0.2) is 4.39 Å². The van der Waals surface area contributed by atoms with Crippen molar-refractivity contribution in [3.63, 3.8) is 0 Å². The molecular weight excluding hydrogens is 253 g/mol. The molecule has 0 atom stereocenters. The number of hydrogen-bond donors (Lipinski definition) is 1. The van der Waals surface area contributed by atoms with Crippen molar-refractivity contribution in [2.24, 2.45) is 0 Å².